The Morgan fingerprint density at radius 2 is 2.07 bits per heavy atom. The first-order chi connectivity index (χ1) is 13.2. The fourth-order valence-electron chi connectivity index (χ4n) is 3.57. The van der Waals surface area contributed by atoms with Gasteiger partial charge in [0.25, 0.3) is 0 Å². The highest BCUT2D eigenvalue weighted by Gasteiger charge is 2.24. The molecule has 1 atom stereocenters. The summed E-state index contributed by atoms with van der Waals surface area (Å²) in [4.78, 5) is 0. The monoisotopic (exact) mass is 380 g/mol. The third-order valence-electron chi connectivity index (χ3n) is 4.85. The Kier molecular flexibility index (Phi) is 3.82. The third-order valence-corrected chi connectivity index (χ3v) is 5.03. The molecule has 7 nitrogen and oxygen atoms in total. The molecule has 3 aromatic heterocycles. The van der Waals surface area contributed by atoms with Gasteiger partial charge in [0.1, 0.15) is 23.2 Å². The number of fused-ring (bicyclic) bond motifs is 2. The highest BCUT2D eigenvalue weighted by atomic mass is 35.5. The van der Waals surface area contributed by atoms with Crippen molar-refractivity contribution in [3.63, 3.8) is 0 Å². The van der Waals surface area contributed by atoms with Crippen molar-refractivity contribution >= 4 is 22.5 Å². The lowest BCUT2D eigenvalue weighted by molar-refractivity contribution is 0.177. The maximum atomic E-state index is 6.29. The lowest BCUT2D eigenvalue weighted by Crippen LogP contribution is -2.18. The maximum absolute atomic E-state index is 6.29. The van der Waals surface area contributed by atoms with Crippen LogP contribution < -0.4 is 4.74 Å². The molecule has 1 aliphatic carbocycles. The molecule has 0 bridgehead atoms. The van der Waals surface area contributed by atoms with Gasteiger partial charge in [-0.2, -0.15) is 10.2 Å². The third kappa shape index (κ3) is 2.94. The van der Waals surface area contributed by atoms with Crippen LogP contribution in [0.15, 0.2) is 42.9 Å². The molecule has 3 heterocycles. The zero-order valence-corrected chi connectivity index (χ0v) is 15.5. The first-order valence-electron chi connectivity index (χ1n) is 8.83. The van der Waals surface area contributed by atoms with Crippen molar-refractivity contribution < 1.29 is 4.74 Å². The standard InChI is InChI=1S/C19H17ClN6O/c1-25-11-14(10-21-25)26-16-8-15(6-5-13(16)9-22-26)27-17-4-2-3-12-7-18(20)23-24-19(12)17/h5-11,17H,2-4H2,1H3. The summed E-state index contributed by atoms with van der Waals surface area (Å²) in [7, 11) is 1.89. The van der Waals surface area contributed by atoms with Crippen LogP contribution in [0.25, 0.3) is 16.6 Å². The largest absolute Gasteiger partial charge is 0.484 e. The minimum atomic E-state index is -0.120. The van der Waals surface area contributed by atoms with Gasteiger partial charge >= 0.3 is 0 Å². The van der Waals surface area contributed by atoms with E-state index in [1.165, 1.54) is 0 Å². The van der Waals surface area contributed by atoms with Gasteiger partial charge in [0.15, 0.2) is 5.15 Å². The number of halogens is 1. The lowest BCUT2D eigenvalue weighted by atomic mass is 9.94. The molecule has 0 radical (unpaired) electrons. The van der Waals surface area contributed by atoms with Crippen molar-refractivity contribution in [1.82, 2.24) is 29.8 Å². The molecule has 0 saturated heterocycles. The molecule has 0 spiro atoms. The van der Waals surface area contributed by atoms with Crippen molar-refractivity contribution in [3.05, 3.63) is 59.3 Å². The number of hydrogen-bond donors (Lipinski definition) is 0. The predicted molar refractivity (Wildman–Crippen MR) is 101 cm³/mol. The maximum Gasteiger partial charge on any atom is 0.152 e. The van der Waals surface area contributed by atoms with Crippen LogP contribution in [0, 0.1) is 0 Å². The summed E-state index contributed by atoms with van der Waals surface area (Å²) in [6, 6.07) is 7.88. The molecule has 1 unspecified atom stereocenters. The smallest absolute Gasteiger partial charge is 0.152 e. The summed E-state index contributed by atoms with van der Waals surface area (Å²) < 4.78 is 9.91. The highest BCUT2D eigenvalue weighted by Crippen LogP contribution is 2.34. The summed E-state index contributed by atoms with van der Waals surface area (Å²) >= 11 is 5.98. The molecule has 8 heteroatoms. The summed E-state index contributed by atoms with van der Waals surface area (Å²) in [6.45, 7) is 0. The Labute approximate surface area is 160 Å². The lowest BCUT2D eigenvalue weighted by Gasteiger charge is -2.24. The van der Waals surface area contributed by atoms with E-state index in [4.69, 9.17) is 16.3 Å². The van der Waals surface area contributed by atoms with Crippen molar-refractivity contribution in [2.24, 2.45) is 7.05 Å². The molecular formula is C19H17ClN6O. The number of aryl methyl sites for hydroxylation is 2. The van der Waals surface area contributed by atoms with E-state index in [2.05, 4.69) is 20.4 Å². The molecule has 0 amide bonds. The molecule has 0 N–H and O–H groups in total. The van der Waals surface area contributed by atoms with Crippen LogP contribution in [0.2, 0.25) is 5.15 Å². The first-order valence-corrected chi connectivity index (χ1v) is 9.20. The van der Waals surface area contributed by atoms with Crippen LogP contribution in [0.5, 0.6) is 5.75 Å². The van der Waals surface area contributed by atoms with E-state index >= 15 is 0 Å². The van der Waals surface area contributed by atoms with Gasteiger partial charge in [-0.25, -0.2) is 4.68 Å². The summed E-state index contributed by atoms with van der Waals surface area (Å²) in [6.07, 6.45) is 8.34. The molecule has 136 valence electrons. The minimum absolute atomic E-state index is 0.120. The minimum Gasteiger partial charge on any atom is -0.484 e. The normalized spacial score (nSPS) is 16.4. The second-order valence-electron chi connectivity index (χ2n) is 6.73. The van der Waals surface area contributed by atoms with Gasteiger partial charge < -0.3 is 4.74 Å². The number of hydrogen-bond acceptors (Lipinski definition) is 5. The van der Waals surface area contributed by atoms with Gasteiger partial charge in [-0.15, -0.1) is 10.2 Å². The van der Waals surface area contributed by atoms with Crippen molar-refractivity contribution in [3.8, 4) is 11.4 Å². The average molecular weight is 381 g/mol. The van der Waals surface area contributed by atoms with Crippen LogP contribution in [0.3, 0.4) is 0 Å². The van der Waals surface area contributed by atoms with Crippen LogP contribution in [0.1, 0.15) is 30.2 Å². The zero-order chi connectivity index (χ0) is 18.4. The molecular weight excluding hydrogens is 364 g/mol. The first kappa shape index (κ1) is 16.3. The van der Waals surface area contributed by atoms with E-state index < -0.39 is 0 Å². The topological polar surface area (TPSA) is 70.7 Å². The number of benzene rings is 1. The van der Waals surface area contributed by atoms with Gasteiger partial charge in [0, 0.05) is 18.5 Å². The molecule has 0 aliphatic heterocycles. The van der Waals surface area contributed by atoms with Crippen LogP contribution in [-0.2, 0) is 13.5 Å². The fourth-order valence-corrected chi connectivity index (χ4v) is 3.74. The van der Waals surface area contributed by atoms with Gasteiger partial charge in [-0.3, -0.25) is 4.68 Å². The molecule has 5 rings (SSSR count). The summed E-state index contributed by atoms with van der Waals surface area (Å²) in [5.74, 6) is 0.780. The van der Waals surface area contributed by atoms with Crippen molar-refractivity contribution in [2.75, 3.05) is 0 Å². The van der Waals surface area contributed by atoms with Gasteiger partial charge in [-0.05, 0) is 43.0 Å². The predicted octanol–water partition coefficient (Wildman–Crippen LogP) is 3.66. The Bertz CT molecular complexity index is 1130. The second-order valence-corrected chi connectivity index (χ2v) is 7.11. The van der Waals surface area contributed by atoms with Crippen molar-refractivity contribution in [1.29, 1.82) is 0 Å². The molecule has 0 saturated carbocycles. The summed E-state index contributed by atoms with van der Waals surface area (Å²) in [5, 5.41) is 18.5. The second kappa shape index (κ2) is 6.35. The van der Waals surface area contributed by atoms with E-state index in [-0.39, 0.29) is 6.10 Å². The Morgan fingerprint density at radius 3 is 2.93 bits per heavy atom. The Hall–Kier alpha value is -2.93. The molecule has 1 aromatic carbocycles. The van der Waals surface area contributed by atoms with Gasteiger partial charge in [0.05, 0.1) is 24.1 Å². The van der Waals surface area contributed by atoms with E-state index in [9.17, 15) is 0 Å². The molecule has 0 fully saturated rings. The van der Waals surface area contributed by atoms with Crippen LogP contribution in [0.4, 0.5) is 0 Å². The SMILES string of the molecule is Cn1cc(-n2ncc3ccc(OC4CCCc5cc(Cl)nnc54)cc32)cn1. The van der Waals surface area contributed by atoms with Gasteiger partial charge in [0.2, 0.25) is 0 Å². The number of rotatable bonds is 3. The van der Waals surface area contributed by atoms with Crippen LogP contribution >= 0.6 is 11.6 Å². The quantitative estimate of drug-likeness (QED) is 0.542. The van der Waals surface area contributed by atoms with Crippen molar-refractivity contribution in [2.45, 2.75) is 25.4 Å². The number of nitrogens with zero attached hydrogens (tertiary/aromatic N) is 6. The van der Waals surface area contributed by atoms with E-state index in [0.29, 0.717) is 5.15 Å². The van der Waals surface area contributed by atoms with E-state index in [1.54, 1.807) is 10.9 Å². The number of ether oxygens (including phenoxy) is 1. The Morgan fingerprint density at radius 1 is 1.15 bits per heavy atom. The summed E-state index contributed by atoms with van der Waals surface area (Å²) in [5.41, 5.74) is 3.88. The molecule has 4 aromatic rings. The molecule has 1 aliphatic rings. The van der Waals surface area contributed by atoms with E-state index in [1.807, 2.05) is 48.4 Å². The highest BCUT2D eigenvalue weighted by molar-refractivity contribution is 6.29. The average Bonchev–Trinajstić information content (AvgIpc) is 3.27. The zero-order valence-electron chi connectivity index (χ0n) is 14.7. The van der Waals surface area contributed by atoms with Gasteiger partial charge in [-0.1, -0.05) is 11.6 Å². The molecule has 27 heavy (non-hydrogen) atoms. The fraction of sp³-hybridized carbons (Fsp3) is 0.263. The van der Waals surface area contributed by atoms with E-state index in [0.717, 1.165) is 52.9 Å². The van der Waals surface area contributed by atoms with Crippen LogP contribution in [-0.4, -0.2) is 29.8 Å². The Balaban J connectivity index is 1.50. The number of aromatic nitrogens is 6.